The third-order valence-corrected chi connectivity index (χ3v) is 5.96. The predicted octanol–water partition coefficient (Wildman–Crippen LogP) is 2.69. The van der Waals surface area contributed by atoms with E-state index in [0.29, 0.717) is 5.75 Å². The van der Waals surface area contributed by atoms with Gasteiger partial charge in [0.05, 0.1) is 11.2 Å². The van der Waals surface area contributed by atoms with Crippen molar-refractivity contribution in [3.8, 4) is 5.75 Å². The molecule has 8 heteroatoms. The first kappa shape index (κ1) is 17.5. The Balaban J connectivity index is 2.25. The van der Waals surface area contributed by atoms with Gasteiger partial charge in [0.1, 0.15) is 6.33 Å². The lowest BCUT2D eigenvalue weighted by atomic mass is 10.0. The largest absolute Gasteiger partial charge is 0.377 e. The molecule has 0 atom stereocenters. The van der Waals surface area contributed by atoms with Gasteiger partial charge in [-0.2, -0.15) is 8.42 Å². The van der Waals surface area contributed by atoms with Crippen LogP contribution in [0.25, 0.3) is 5.52 Å². The van der Waals surface area contributed by atoms with Crippen molar-refractivity contribution in [3.05, 3.63) is 40.0 Å². The molecule has 0 unspecified atom stereocenters. The van der Waals surface area contributed by atoms with Crippen molar-refractivity contribution >= 4 is 15.6 Å². The lowest BCUT2D eigenvalue weighted by Gasteiger charge is -2.14. The zero-order valence-corrected chi connectivity index (χ0v) is 16.3. The molecule has 0 amide bonds. The normalized spacial score (nSPS) is 12.1. The minimum Gasteiger partial charge on any atom is -0.374 e. The van der Waals surface area contributed by atoms with Gasteiger partial charge in [-0.25, -0.2) is 4.98 Å². The highest BCUT2D eigenvalue weighted by atomic mass is 32.2. The molecule has 0 saturated carbocycles. The van der Waals surface area contributed by atoms with Crippen LogP contribution in [0.15, 0.2) is 11.5 Å². The van der Waals surface area contributed by atoms with Crippen molar-refractivity contribution in [2.75, 3.05) is 0 Å². The number of hydrogen-bond donors (Lipinski definition) is 0. The fraction of sp³-hybridized carbons (Fsp3) is 0.412. The van der Waals surface area contributed by atoms with Crippen molar-refractivity contribution in [2.24, 2.45) is 7.05 Å². The Bertz CT molecular complexity index is 1060. The molecule has 0 bridgehead atoms. The second-order valence-corrected chi connectivity index (χ2v) is 7.86. The maximum absolute atomic E-state index is 12.5. The summed E-state index contributed by atoms with van der Waals surface area (Å²) in [6.45, 7) is 12.0. The summed E-state index contributed by atoms with van der Waals surface area (Å²) in [6, 6.07) is 0. The molecular formula is C17H22N4O3S. The summed E-state index contributed by atoms with van der Waals surface area (Å²) in [5.74, 6) is 0.337. The molecule has 0 spiro atoms. The van der Waals surface area contributed by atoms with Crippen molar-refractivity contribution in [1.29, 1.82) is 0 Å². The van der Waals surface area contributed by atoms with Gasteiger partial charge in [0.2, 0.25) is 0 Å². The van der Waals surface area contributed by atoms with Gasteiger partial charge in [-0.15, -0.1) is 5.10 Å². The average molecular weight is 362 g/mol. The molecule has 3 aromatic rings. The third kappa shape index (κ3) is 2.52. The zero-order valence-electron chi connectivity index (χ0n) is 15.5. The minimum atomic E-state index is -4.09. The summed E-state index contributed by atoms with van der Waals surface area (Å²) in [4.78, 5) is 3.79. The Morgan fingerprint density at radius 1 is 0.920 bits per heavy atom. The molecule has 0 fully saturated rings. The number of nitrogens with zero attached hydrogens (tertiary/aromatic N) is 4. The minimum absolute atomic E-state index is 0.337. The highest BCUT2D eigenvalue weighted by Gasteiger charge is 2.27. The van der Waals surface area contributed by atoms with Crippen LogP contribution in [-0.2, 0) is 17.2 Å². The molecule has 0 aliphatic rings. The first-order chi connectivity index (χ1) is 11.6. The zero-order chi connectivity index (χ0) is 18.7. The van der Waals surface area contributed by atoms with Crippen molar-refractivity contribution in [2.45, 2.75) is 46.7 Å². The molecule has 0 aliphatic carbocycles. The topological polar surface area (TPSA) is 78.5 Å². The number of hydrogen-bond acceptors (Lipinski definition) is 5. The van der Waals surface area contributed by atoms with Crippen LogP contribution in [0.1, 0.15) is 33.6 Å². The van der Waals surface area contributed by atoms with Crippen molar-refractivity contribution in [3.63, 3.8) is 0 Å². The van der Waals surface area contributed by atoms with Crippen molar-refractivity contribution < 1.29 is 12.6 Å². The lowest BCUT2D eigenvalue weighted by Crippen LogP contribution is -2.13. The molecule has 3 heterocycles. The fourth-order valence-electron chi connectivity index (χ4n) is 3.29. The highest BCUT2D eigenvalue weighted by molar-refractivity contribution is 7.86. The molecule has 134 valence electrons. The number of rotatable bonds is 3. The SMILES string of the molecule is Cc1c(C)c(C)n2c(C)c(OS(=O)(=O)c3ncn(C)n3)c(C)c2c1C. The Kier molecular flexibility index (Phi) is 3.90. The Morgan fingerprint density at radius 3 is 2.12 bits per heavy atom. The Hall–Kier alpha value is -2.35. The Morgan fingerprint density at radius 2 is 1.56 bits per heavy atom. The quantitative estimate of drug-likeness (QED) is 0.670. The van der Waals surface area contributed by atoms with E-state index in [1.54, 1.807) is 7.05 Å². The highest BCUT2D eigenvalue weighted by Crippen LogP contribution is 2.36. The van der Waals surface area contributed by atoms with E-state index < -0.39 is 10.1 Å². The molecule has 25 heavy (non-hydrogen) atoms. The molecule has 3 rings (SSSR count). The van der Waals surface area contributed by atoms with Gasteiger partial charge in [-0.05, 0) is 58.2 Å². The standard InChI is InChI=1S/C17H22N4O3S/c1-9-10(2)13(5)21-14(6)16(12(4)15(21)11(9)3)24-25(22,23)17-18-8-20(7)19-17/h8H,1-7H3. The number of aryl methyl sites for hydroxylation is 5. The van der Waals surface area contributed by atoms with E-state index in [9.17, 15) is 8.42 Å². The van der Waals surface area contributed by atoms with Crippen LogP contribution < -0.4 is 4.18 Å². The van der Waals surface area contributed by atoms with E-state index in [1.165, 1.54) is 22.1 Å². The molecule has 0 aromatic carbocycles. The number of pyridine rings is 1. The van der Waals surface area contributed by atoms with E-state index in [4.69, 9.17) is 4.18 Å². The maximum atomic E-state index is 12.5. The van der Waals surface area contributed by atoms with Crippen molar-refractivity contribution in [1.82, 2.24) is 19.2 Å². The Labute approximate surface area is 147 Å². The maximum Gasteiger partial charge on any atom is 0.377 e. The lowest BCUT2D eigenvalue weighted by molar-refractivity contribution is 0.473. The van der Waals surface area contributed by atoms with Gasteiger partial charge in [0.25, 0.3) is 0 Å². The molecule has 0 radical (unpaired) electrons. The second kappa shape index (κ2) is 5.59. The summed E-state index contributed by atoms with van der Waals surface area (Å²) >= 11 is 0. The summed E-state index contributed by atoms with van der Waals surface area (Å²) in [7, 11) is -2.48. The van der Waals surface area contributed by atoms with Gasteiger partial charge >= 0.3 is 15.3 Å². The molecule has 7 nitrogen and oxygen atoms in total. The van der Waals surface area contributed by atoms with Crippen LogP contribution in [0.3, 0.4) is 0 Å². The molecule has 3 aromatic heterocycles. The second-order valence-electron chi connectivity index (χ2n) is 6.42. The van der Waals surface area contributed by atoms with Gasteiger partial charge in [-0.1, -0.05) is 0 Å². The van der Waals surface area contributed by atoms with Gasteiger partial charge in [-0.3, -0.25) is 4.68 Å². The van der Waals surface area contributed by atoms with Crippen LogP contribution in [0.4, 0.5) is 0 Å². The smallest absolute Gasteiger partial charge is 0.374 e. The summed E-state index contributed by atoms with van der Waals surface area (Å²) in [5, 5.41) is 3.50. The monoisotopic (exact) mass is 362 g/mol. The molecular weight excluding hydrogens is 340 g/mol. The molecule has 0 aliphatic heterocycles. The van der Waals surface area contributed by atoms with Gasteiger partial charge < -0.3 is 8.58 Å². The average Bonchev–Trinajstić information content (AvgIpc) is 3.08. The summed E-state index contributed by atoms with van der Waals surface area (Å²) in [5.41, 5.74) is 7.10. The van der Waals surface area contributed by atoms with Crippen LogP contribution in [0.5, 0.6) is 5.75 Å². The third-order valence-electron chi connectivity index (χ3n) is 4.94. The first-order valence-electron chi connectivity index (χ1n) is 7.94. The van der Waals surface area contributed by atoms with E-state index in [-0.39, 0.29) is 5.16 Å². The first-order valence-corrected chi connectivity index (χ1v) is 9.35. The van der Waals surface area contributed by atoms with Crippen LogP contribution in [0, 0.1) is 41.5 Å². The van der Waals surface area contributed by atoms with Gasteiger partial charge in [0, 0.05) is 18.3 Å². The van der Waals surface area contributed by atoms with E-state index in [0.717, 1.165) is 28.0 Å². The van der Waals surface area contributed by atoms with Crippen LogP contribution in [-0.4, -0.2) is 27.6 Å². The van der Waals surface area contributed by atoms with Gasteiger partial charge in [0.15, 0.2) is 5.75 Å². The predicted molar refractivity (Wildman–Crippen MR) is 94.6 cm³/mol. The summed E-state index contributed by atoms with van der Waals surface area (Å²) < 4.78 is 33.9. The fourth-order valence-corrected chi connectivity index (χ4v) is 4.23. The molecule has 0 N–H and O–H groups in total. The number of fused-ring (bicyclic) bond motifs is 1. The van der Waals surface area contributed by atoms with Crippen LogP contribution in [0.2, 0.25) is 0 Å². The number of aromatic nitrogens is 4. The summed E-state index contributed by atoms with van der Waals surface area (Å²) in [6.07, 6.45) is 1.33. The van der Waals surface area contributed by atoms with E-state index in [1.807, 2.05) is 27.7 Å². The van der Waals surface area contributed by atoms with Crippen LogP contribution >= 0.6 is 0 Å². The molecule has 0 saturated heterocycles. The van der Waals surface area contributed by atoms with E-state index in [2.05, 4.69) is 28.3 Å². The van der Waals surface area contributed by atoms with E-state index >= 15 is 0 Å².